The zero-order valence-electron chi connectivity index (χ0n) is 10.0. The molecule has 0 radical (unpaired) electrons. The molecular weight excluding hydrogens is 188 g/mol. The first kappa shape index (κ1) is 11.0. The van der Waals surface area contributed by atoms with Gasteiger partial charge >= 0.3 is 5.97 Å². The van der Waals surface area contributed by atoms with Crippen molar-refractivity contribution >= 4 is 5.97 Å². The van der Waals surface area contributed by atoms with Gasteiger partial charge in [0, 0.05) is 0 Å². The second-order valence-electron chi connectivity index (χ2n) is 6.23. The third-order valence-electron chi connectivity index (χ3n) is 5.63. The van der Waals surface area contributed by atoms with Crippen LogP contribution in [0.4, 0.5) is 0 Å². The van der Waals surface area contributed by atoms with Crippen molar-refractivity contribution < 1.29 is 9.90 Å². The lowest BCUT2D eigenvalue weighted by atomic mass is 9.45. The van der Waals surface area contributed by atoms with E-state index in [9.17, 15) is 4.79 Å². The molecule has 3 aliphatic carbocycles. The molecule has 2 bridgehead atoms. The maximum atomic E-state index is 11.0. The highest BCUT2D eigenvalue weighted by Gasteiger charge is 2.55. The number of hydrogen-bond acceptors (Lipinski definition) is 1. The topological polar surface area (TPSA) is 37.3 Å². The average Bonchev–Trinajstić information content (AvgIpc) is 2.14. The molecule has 3 fully saturated rings. The Labute approximate surface area is 92.1 Å². The van der Waals surface area contributed by atoms with Crippen LogP contribution in [0, 0.1) is 22.7 Å². The molecule has 1 N–H and O–H groups in total. The fourth-order valence-electron chi connectivity index (χ4n) is 4.14. The van der Waals surface area contributed by atoms with Crippen molar-refractivity contribution in [3.8, 4) is 0 Å². The van der Waals surface area contributed by atoms with E-state index in [1.165, 1.54) is 25.7 Å². The van der Waals surface area contributed by atoms with Crippen LogP contribution >= 0.6 is 0 Å². The number of fused-ring (bicyclic) bond motifs is 3. The fraction of sp³-hybridized carbons (Fsp3) is 0.923. The molecule has 0 aromatic heterocycles. The second kappa shape index (κ2) is 3.23. The van der Waals surface area contributed by atoms with Crippen molar-refractivity contribution in [3.05, 3.63) is 0 Å². The molecule has 3 aliphatic rings. The van der Waals surface area contributed by atoms with E-state index in [-0.39, 0.29) is 5.41 Å². The Balaban J connectivity index is 2.28. The van der Waals surface area contributed by atoms with Gasteiger partial charge in [-0.3, -0.25) is 4.79 Å². The molecule has 0 spiro atoms. The van der Waals surface area contributed by atoms with Crippen molar-refractivity contribution in [1.29, 1.82) is 0 Å². The van der Waals surface area contributed by atoms with Crippen LogP contribution in [0.2, 0.25) is 0 Å². The van der Waals surface area contributed by atoms with E-state index in [1.807, 2.05) is 0 Å². The summed E-state index contributed by atoms with van der Waals surface area (Å²) in [5.74, 6) is 0.569. The van der Waals surface area contributed by atoms with Crippen molar-refractivity contribution in [2.45, 2.75) is 52.9 Å². The summed E-state index contributed by atoms with van der Waals surface area (Å²) in [7, 11) is 0. The lowest BCUT2D eigenvalue weighted by Gasteiger charge is -2.60. The lowest BCUT2D eigenvalue weighted by molar-refractivity contribution is -0.152. The van der Waals surface area contributed by atoms with Gasteiger partial charge in [0.15, 0.2) is 0 Å². The highest BCUT2D eigenvalue weighted by molar-refractivity contribution is 5.67. The quantitative estimate of drug-likeness (QED) is 0.759. The van der Waals surface area contributed by atoms with E-state index in [2.05, 4.69) is 20.8 Å². The standard InChI is InChI=1S/C13H22O2/c1-9-12(2)6-4-10(5-7-12)13(9,3)8-11(14)15/h9-10H,4-8H2,1-3H3,(H,14,15). The van der Waals surface area contributed by atoms with E-state index in [0.29, 0.717) is 23.7 Å². The molecule has 0 aromatic carbocycles. The van der Waals surface area contributed by atoms with Gasteiger partial charge in [-0.25, -0.2) is 0 Å². The van der Waals surface area contributed by atoms with Crippen LogP contribution in [-0.4, -0.2) is 11.1 Å². The highest BCUT2D eigenvalue weighted by atomic mass is 16.4. The third kappa shape index (κ3) is 1.49. The molecular formula is C13H22O2. The first-order valence-electron chi connectivity index (χ1n) is 6.10. The molecule has 3 saturated carbocycles. The Morgan fingerprint density at radius 3 is 2.33 bits per heavy atom. The summed E-state index contributed by atoms with van der Waals surface area (Å²) < 4.78 is 0. The van der Waals surface area contributed by atoms with Gasteiger partial charge in [0.2, 0.25) is 0 Å². The highest BCUT2D eigenvalue weighted by Crippen LogP contribution is 2.63. The minimum atomic E-state index is -0.625. The Kier molecular flexibility index (Phi) is 2.36. The van der Waals surface area contributed by atoms with Crippen LogP contribution in [-0.2, 0) is 4.79 Å². The minimum absolute atomic E-state index is 0.0388. The SMILES string of the molecule is CC1C2(C)CCC(CC2)C1(C)CC(=O)O. The molecule has 3 rings (SSSR count). The first-order chi connectivity index (χ1) is 6.88. The van der Waals surface area contributed by atoms with Gasteiger partial charge < -0.3 is 5.11 Å². The Morgan fingerprint density at radius 1 is 1.33 bits per heavy atom. The first-order valence-corrected chi connectivity index (χ1v) is 6.10. The monoisotopic (exact) mass is 210 g/mol. The largest absolute Gasteiger partial charge is 0.481 e. The minimum Gasteiger partial charge on any atom is -0.481 e. The molecule has 2 nitrogen and oxygen atoms in total. The summed E-state index contributed by atoms with van der Waals surface area (Å²) in [5, 5.41) is 9.06. The molecule has 2 atom stereocenters. The second-order valence-corrected chi connectivity index (χ2v) is 6.23. The predicted molar refractivity (Wildman–Crippen MR) is 59.6 cm³/mol. The number of carboxylic acids is 1. The fourth-order valence-corrected chi connectivity index (χ4v) is 4.14. The van der Waals surface area contributed by atoms with Crippen molar-refractivity contribution in [1.82, 2.24) is 0 Å². The maximum Gasteiger partial charge on any atom is 0.303 e. The molecule has 0 saturated heterocycles. The maximum absolute atomic E-state index is 11.0. The van der Waals surface area contributed by atoms with E-state index in [4.69, 9.17) is 5.11 Å². The number of aliphatic carboxylic acids is 1. The Morgan fingerprint density at radius 2 is 1.87 bits per heavy atom. The molecule has 0 aliphatic heterocycles. The molecule has 15 heavy (non-hydrogen) atoms. The molecule has 2 unspecified atom stereocenters. The van der Waals surface area contributed by atoms with Gasteiger partial charge in [-0.1, -0.05) is 20.8 Å². The van der Waals surface area contributed by atoms with Gasteiger partial charge in [-0.15, -0.1) is 0 Å². The van der Waals surface area contributed by atoms with Crippen molar-refractivity contribution in [2.75, 3.05) is 0 Å². The Hall–Kier alpha value is -0.530. The zero-order chi connectivity index (χ0) is 11.3. The molecule has 86 valence electrons. The smallest absolute Gasteiger partial charge is 0.303 e. The van der Waals surface area contributed by atoms with Gasteiger partial charge in [0.25, 0.3) is 0 Å². The number of carbonyl (C=O) groups is 1. The summed E-state index contributed by atoms with van der Waals surface area (Å²) in [6.07, 6.45) is 5.44. The summed E-state index contributed by atoms with van der Waals surface area (Å²) in [6, 6.07) is 0. The van der Waals surface area contributed by atoms with Crippen LogP contribution in [0.1, 0.15) is 52.9 Å². The van der Waals surface area contributed by atoms with E-state index < -0.39 is 5.97 Å². The summed E-state index contributed by atoms with van der Waals surface area (Å²) in [6.45, 7) is 6.83. The van der Waals surface area contributed by atoms with Crippen LogP contribution in [0.5, 0.6) is 0 Å². The number of hydrogen-bond donors (Lipinski definition) is 1. The van der Waals surface area contributed by atoms with E-state index >= 15 is 0 Å². The zero-order valence-corrected chi connectivity index (χ0v) is 10.0. The van der Waals surface area contributed by atoms with Crippen molar-refractivity contribution in [2.24, 2.45) is 22.7 Å². The Bertz CT molecular complexity index is 276. The van der Waals surface area contributed by atoms with E-state index in [0.717, 1.165) is 0 Å². The van der Waals surface area contributed by atoms with Crippen LogP contribution in [0.25, 0.3) is 0 Å². The van der Waals surface area contributed by atoms with Crippen LogP contribution < -0.4 is 0 Å². The molecule has 0 amide bonds. The van der Waals surface area contributed by atoms with Crippen molar-refractivity contribution in [3.63, 3.8) is 0 Å². The van der Waals surface area contributed by atoms with Gasteiger partial charge in [-0.05, 0) is 48.3 Å². The van der Waals surface area contributed by atoms with Crippen LogP contribution in [0.15, 0.2) is 0 Å². The average molecular weight is 210 g/mol. The summed E-state index contributed by atoms with van der Waals surface area (Å²) >= 11 is 0. The molecule has 0 heterocycles. The third-order valence-corrected chi connectivity index (χ3v) is 5.63. The molecule has 0 aromatic rings. The van der Waals surface area contributed by atoms with Crippen LogP contribution in [0.3, 0.4) is 0 Å². The lowest BCUT2D eigenvalue weighted by Crippen LogP contribution is -2.52. The normalized spacial score (nSPS) is 49.3. The predicted octanol–water partition coefficient (Wildman–Crippen LogP) is 3.31. The molecule has 2 heteroatoms. The van der Waals surface area contributed by atoms with E-state index in [1.54, 1.807) is 0 Å². The van der Waals surface area contributed by atoms with Gasteiger partial charge in [0.05, 0.1) is 6.42 Å². The summed E-state index contributed by atoms with van der Waals surface area (Å²) in [5.41, 5.74) is 0.441. The van der Waals surface area contributed by atoms with Gasteiger partial charge in [-0.2, -0.15) is 0 Å². The van der Waals surface area contributed by atoms with Gasteiger partial charge in [0.1, 0.15) is 0 Å². The summed E-state index contributed by atoms with van der Waals surface area (Å²) in [4.78, 5) is 11.0. The number of carboxylic acid groups (broad SMARTS) is 1. The number of rotatable bonds is 2.